The molecule has 2 amide bonds. The normalized spacial score (nSPS) is 12.7. The van der Waals surface area contributed by atoms with Gasteiger partial charge in [-0.2, -0.15) is 0 Å². The summed E-state index contributed by atoms with van der Waals surface area (Å²) in [5.74, 6) is -0.555. The fourth-order valence-corrected chi connectivity index (χ4v) is 5.84. The fraction of sp³-hybridized carbons (Fsp3) is 0.310. The summed E-state index contributed by atoms with van der Waals surface area (Å²) in [4.78, 5) is 28.5. The van der Waals surface area contributed by atoms with Crippen LogP contribution in [0.2, 0.25) is 0 Å². The van der Waals surface area contributed by atoms with E-state index >= 15 is 0 Å². The van der Waals surface area contributed by atoms with E-state index in [0.29, 0.717) is 5.75 Å². The molecule has 2 atom stereocenters. The molecule has 8 nitrogen and oxygen atoms in total. The highest BCUT2D eigenvalue weighted by Crippen LogP contribution is 2.32. The molecule has 1 N–H and O–H groups in total. The number of carbonyl (C=O) groups excluding carboxylic acids is 2. The van der Waals surface area contributed by atoms with Crippen LogP contribution in [0, 0.1) is 0 Å². The number of rotatable bonds is 12. The van der Waals surface area contributed by atoms with Crippen LogP contribution in [0.3, 0.4) is 0 Å². The molecule has 10 heteroatoms. The van der Waals surface area contributed by atoms with Crippen molar-refractivity contribution in [1.29, 1.82) is 0 Å². The van der Waals surface area contributed by atoms with Gasteiger partial charge in [0, 0.05) is 17.1 Å². The number of ether oxygens (including phenoxy) is 1. The molecule has 3 rings (SSSR count). The summed E-state index contributed by atoms with van der Waals surface area (Å²) >= 11 is 3.45. The maximum Gasteiger partial charge on any atom is 0.264 e. The first-order valence-corrected chi connectivity index (χ1v) is 14.9. The van der Waals surface area contributed by atoms with Crippen LogP contribution in [-0.4, -0.2) is 50.9 Å². The van der Waals surface area contributed by atoms with Crippen molar-refractivity contribution in [3.05, 3.63) is 88.9 Å². The summed E-state index contributed by atoms with van der Waals surface area (Å²) in [6.07, 6.45) is 0.731. The Hall–Kier alpha value is -3.37. The summed E-state index contributed by atoms with van der Waals surface area (Å²) in [5, 5.41) is 2.93. The van der Waals surface area contributed by atoms with Gasteiger partial charge >= 0.3 is 0 Å². The van der Waals surface area contributed by atoms with E-state index < -0.39 is 28.5 Å². The molecule has 0 bridgehead atoms. The summed E-state index contributed by atoms with van der Waals surface area (Å²) in [7, 11) is -2.73. The van der Waals surface area contributed by atoms with Crippen molar-refractivity contribution in [2.75, 3.05) is 18.0 Å². The van der Waals surface area contributed by atoms with E-state index in [1.54, 1.807) is 49.4 Å². The highest BCUT2D eigenvalue weighted by atomic mass is 79.9. The van der Waals surface area contributed by atoms with Crippen molar-refractivity contribution >= 4 is 43.5 Å². The van der Waals surface area contributed by atoms with Gasteiger partial charge in [-0.15, -0.1) is 0 Å². The molecule has 0 aliphatic carbocycles. The number of anilines is 1. The maximum absolute atomic E-state index is 14.0. The monoisotopic (exact) mass is 615 g/mol. The fourth-order valence-electron chi connectivity index (χ4n) is 3.95. The van der Waals surface area contributed by atoms with Gasteiger partial charge in [0.1, 0.15) is 18.3 Å². The number of amides is 2. The lowest BCUT2D eigenvalue weighted by Crippen LogP contribution is -2.52. The third-order valence-electron chi connectivity index (χ3n) is 6.37. The predicted octanol–water partition coefficient (Wildman–Crippen LogP) is 4.99. The average molecular weight is 617 g/mol. The minimum absolute atomic E-state index is 0.0322. The number of para-hydroxylation sites is 2. The second-order valence-electron chi connectivity index (χ2n) is 9.14. The molecule has 3 aromatic rings. The minimum Gasteiger partial charge on any atom is -0.495 e. The van der Waals surface area contributed by atoms with Crippen molar-refractivity contribution in [2.45, 2.75) is 50.7 Å². The molecule has 39 heavy (non-hydrogen) atoms. The smallest absolute Gasteiger partial charge is 0.264 e. The number of hydrogen-bond acceptors (Lipinski definition) is 5. The molecule has 0 spiro atoms. The van der Waals surface area contributed by atoms with E-state index in [0.717, 1.165) is 20.8 Å². The second-order valence-corrected chi connectivity index (χ2v) is 11.9. The molecule has 0 saturated heterocycles. The van der Waals surface area contributed by atoms with Gasteiger partial charge in [0.05, 0.1) is 17.7 Å². The molecule has 3 aromatic carbocycles. The summed E-state index contributed by atoms with van der Waals surface area (Å²) < 4.78 is 35.0. The first-order chi connectivity index (χ1) is 18.6. The third-order valence-corrected chi connectivity index (χ3v) is 8.64. The Bertz CT molecular complexity index is 1380. The van der Waals surface area contributed by atoms with E-state index in [1.165, 1.54) is 24.1 Å². The second kappa shape index (κ2) is 13.6. The lowest BCUT2D eigenvalue weighted by Gasteiger charge is -2.32. The van der Waals surface area contributed by atoms with Gasteiger partial charge in [0.2, 0.25) is 11.8 Å². The summed E-state index contributed by atoms with van der Waals surface area (Å²) in [5.41, 5.74) is 1.01. The van der Waals surface area contributed by atoms with Crippen LogP contribution in [0.15, 0.2) is 88.2 Å². The van der Waals surface area contributed by atoms with Crippen LogP contribution in [0.25, 0.3) is 0 Å². The Labute approximate surface area is 239 Å². The summed E-state index contributed by atoms with van der Waals surface area (Å²) in [6.45, 7) is 5.07. The Morgan fingerprint density at radius 2 is 1.64 bits per heavy atom. The molecule has 0 aromatic heterocycles. The molecular formula is C29H34BrN3O5S. The van der Waals surface area contributed by atoms with Crippen LogP contribution in [0.4, 0.5) is 5.69 Å². The zero-order chi connectivity index (χ0) is 28.6. The highest BCUT2D eigenvalue weighted by Gasteiger charge is 2.33. The van der Waals surface area contributed by atoms with Crippen molar-refractivity contribution < 1.29 is 22.7 Å². The maximum atomic E-state index is 14.0. The van der Waals surface area contributed by atoms with E-state index in [9.17, 15) is 18.0 Å². The molecule has 0 radical (unpaired) electrons. The zero-order valence-electron chi connectivity index (χ0n) is 22.5. The minimum atomic E-state index is -4.17. The van der Waals surface area contributed by atoms with E-state index in [4.69, 9.17) is 4.74 Å². The Kier molecular flexibility index (Phi) is 10.5. The van der Waals surface area contributed by atoms with Crippen molar-refractivity contribution in [3.8, 4) is 5.75 Å². The lowest BCUT2D eigenvalue weighted by molar-refractivity contribution is -0.139. The molecule has 0 saturated carbocycles. The number of methoxy groups -OCH3 is 1. The molecule has 0 fully saturated rings. The Balaban J connectivity index is 2.05. The SMILES string of the molecule is CC[C@H](C)NC(=O)[C@@H](C)N(Cc1cccc(Br)c1)C(=O)CN(c1ccccc1OC)S(=O)(=O)c1ccccc1. The third kappa shape index (κ3) is 7.60. The first kappa shape index (κ1) is 30.2. The van der Waals surface area contributed by atoms with Gasteiger partial charge < -0.3 is 15.0 Å². The number of halogens is 1. The molecular weight excluding hydrogens is 582 g/mol. The van der Waals surface area contributed by atoms with E-state index in [2.05, 4.69) is 21.2 Å². The van der Waals surface area contributed by atoms with Gasteiger partial charge in [-0.05, 0) is 62.2 Å². The highest BCUT2D eigenvalue weighted by molar-refractivity contribution is 9.10. The average Bonchev–Trinajstić information content (AvgIpc) is 2.94. The topological polar surface area (TPSA) is 96.0 Å². The van der Waals surface area contributed by atoms with Crippen molar-refractivity contribution in [2.24, 2.45) is 0 Å². The molecule has 0 aliphatic heterocycles. The number of carbonyl (C=O) groups is 2. The number of nitrogens with one attached hydrogen (secondary N) is 1. The molecule has 0 unspecified atom stereocenters. The number of sulfonamides is 1. The Morgan fingerprint density at radius 3 is 2.28 bits per heavy atom. The molecule has 0 heterocycles. The van der Waals surface area contributed by atoms with Crippen LogP contribution < -0.4 is 14.4 Å². The zero-order valence-corrected chi connectivity index (χ0v) is 24.9. The van der Waals surface area contributed by atoms with E-state index in [1.807, 2.05) is 38.1 Å². The first-order valence-electron chi connectivity index (χ1n) is 12.6. The largest absolute Gasteiger partial charge is 0.495 e. The van der Waals surface area contributed by atoms with Gasteiger partial charge in [-0.3, -0.25) is 13.9 Å². The number of nitrogens with zero attached hydrogens (tertiary/aromatic N) is 2. The van der Waals surface area contributed by atoms with Gasteiger partial charge in [0.25, 0.3) is 10.0 Å². The number of benzene rings is 3. The van der Waals surface area contributed by atoms with Gasteiger partial charge in [-0.1, -0.05) is 65.3 Å². The summed E-state index contributed by atoms with van der Waals surface area (Å²) in [6, 6.07) is 21.0. The van der Waals surface area contributed by atoms with Crippen LogP contribution in [0.1, 0.15) is 32.8 Å². The van der Waals surface area contributed by atoms with Crippen LogP contribution >= 0.6 is 15.9 Å². The Morgan fingerprint density at radius 1 is 0.974 bits per heavy atom. The van der Waals surface area contributed by atoms with Gasteiger partial charge in [-0.25, -0.2) is 8.42 Å². The number of hydrogen-bond donors (Lipinski definition) is 1. The van der Waals surface area contributed by atoms with Crippen molar-refractivity contribution in [3.63, 3.8) is 0 Å². The standard InChI is InChI=1S/C29H34BrN3O5S/c1-5-21(2)31-29(35)22(3)32(19-23-12-11-13-24(30)18-23)28(34)20-33(26-16-9-10-17-27(26)38-4)39(36,37)25-14-7-6-8-15-25/h6-18,21-22H,5,19-20H2,1-4H3,(H,31,35)/t21-,22+/m0/s1. The van der Waals surface area contributed by atoms with E-state index in [-0.39, 0.29) is 29.1 Å². The van der Waals surface area contributed by atoms with Crippen LogP contribution in [-0.2, 0) is 26.2 Å². The predicted molar refractivity (Wildman–Crippen MR) is 156 cm³/mol. The van der Waals surface area contributed by atoms with Crippen LogP contribution in [0.5, 0.6) is 5.75 Å². The van der Waals surface area contributed by atoms with Gasteiger partial charge in [0.15, 0.2) is 0 Å². The van der Waals surface area contributed by atoms with Crippen molar-refractivity contribution in [1.82, 2.24) is 10.2 Å². The lowest BCUT2D eigenvalue weighted by atomic mass is 10.1. The molecule has 0 aliphatic rings. The molecule has 208 valence electrons. The quantitative estimate of drug-likeness (QED) is 0.310.